The molecule has 30 heavy (non-hydrogen) atoms. The summed E-state index contributed by atoms with van der Waals surface area (Å²) in [4.78, 5) is 45.1. The van der Waals surface area contributed by atoms with Crippen molar-refractivity contribution in [3.8, 4) is 0 Å². The Labute approximate surface area is 172 Å². The van der Waals surface area contributed by atoms with Gasteiger partial charge in [-0.3, -0.25) is 19.0 Å². The molecular formula is C22H21FN4O3. The smallest absolute Gasteiger partial charge is 0.261 e. The Morgan fingerprint density at radius 1 is 0.933 bits per heavy atom. The van der Waals surface area contributed by atoms with E-state index in [1.807, 2.05) is 6.07 Å². The van der Waals surface area contributed by atoms with E-state index in [1.165, 1.54) is 23.0 Å². The normalized spacial score (nSPS) is 14.2. The van der Waals surface area contributed by atoms with Crippen molar-refractivity contribution in [1.82, 2.24) is 19.4 Å². The van der Waals surface area contributed by atoms with Gasteiger partial charge < -0.3 is 9.80 Å². The molecule has 0 radical (unpaired) electrons. The Bertz CT molecular complexity index is 1150. The van der Waals surface area contributed by atoms with E-state index in [0.717, 1.165) is 0 Å². The standard InChI is InChI=1S/C22H21FN4O3/c23-18-7-3-1-5-16(18)21(29)26-13-11-25(12-14-26)20(28)9-10-27-15-24-19-8-4-2-6-17(19)22(27)30/h1-8,15H,9-14H2. The number of para-hydroxylation sites is 1. The molecule has 0 saturated carbocycles. The lowest BCUT2D eigenvalue weighted by Crippen LogP contribution is -2.50. The van der Waals surface area contributed by atoms with Crippen LogP contribution in [0.1, 0.15) is 16.8 Å². The van der Waals surface area contributed by atoms with Gasteiger partial charge in [0.15, 0.2) is 0 Å². The number of rotatable bonds is 4. The fraction of sp³-hybridized carbons (Fsp3) is 0.273. The zero-order valence-corrected chi connectivity index (χ0v) is 16.3. The molecule has 7 nitrogen and oxygen atoms in total. The third-order valence-electron chi connectivity index (χ3n) is 5.32. The van der Waals surface area contributed by atoms with E-state index in [9.17, 15) is 18.8 Å². The second kappa shape index (κ2) is 8.44. The van der Waals surface area contributed by atoms with Gasteiger partial charge in [-0.2, -0.15) is 0 Å². The summed E-state index contributed by atoms with van der Waals surface area (Å²) >= 11 is 0. The molecular weight excluding hydrogens is 387 g/mol. The lowest BCUT2D eigenvalue weighted by molar-refractivity contribution is -0.132. The van der Waals surface area contributed by atoms with Crippen LogP contribution in [0, 0.1) is 5.82 Å². The Kier molecular flexibility index (Phi) is 5.56. The predicted molar refractivity (Wildman–Crippen MR) is 110 cm³/mol. The van der Waals surface area contributed by atoms with Crippen molar-refractivity contribution >= 4 is 22.7 Å². The van der Waals surface area contributed by atoms with Gasteiger partial charge in [-0.15, -0.1) is 0 Å². The lowest BCUT2D eigenvalue weighted by Gasteiger charge is -2.35. The van der Waals surface area contributed by atoms with E-state index >= 15 is 0 Å². The van der Waals surface area contributed by atoms with Crippen molar-refractivity contribution in [3.05, 3.63) is 76.6 Å². The molecule has 1 aliphatic rings. The summed E-state index contributed by atoms with van der Waals surface area (Å²) in [6.45, 7) is 1.68. The highest BCUT2D eigenvalue weighted by Crippen LogP contribution is 2.13. The van der Waals surface area contributed by atoms with Gasteiger partial charge in [0.25, 0.3) is 11.5 Å². The number of hydrogen-bond acceptors (Lipinski definition) is 4. The minimum absolute atomic E-state index is 0.0421. The second-order valence-electron chi connectivity index (χ2n) is 7.16. The fourth-order valence-electron chi connectivity index (χ4n) is 3.60. The van der Waals surface area contributed by atoms with Gasteiger partial charge in [-0.05, 0) is 24.3 Å². The van der Waals surface area contributed by atoms with Crippen LogP contribution in [-0.2, 0) is 11.3 Å². The number of carbonyl (C=O) groups is 2. The molecule has 0 bridgehead atoms. The number of nitrogens with zero attached hydrogens (tertiary/aromatic N) is 4. The van der Waals surface area contributed by atoms with E-state index in [0.29, 0.717) is 37.1 Å². The molecule has 1 fully saturated rings. The number of aryl methyl sites for hydroxylation is 1. The predicted octanol–water partition coefficient (Wildman–Crippen LogP) is 1.91. The Morgan fingerprint density at radius 3 is 2.37 bits per heavy atom. The highest BCUT2D eigenvalue weighted by Gasteiger charge is 2.26. The van der Waals surface area contributed by atoms with Crippen LogP contribution in [0.5, 0.6) is 0 Å². The molecule has 0 N–H and O–H groups in total. The molecule has 2 amide bonds. The van der Waals surface area contributed by atoms with Crippen molar-refractivity contribution < 1.29 is 14.0 Å². The van der Waals surface area contributed by atoms with Gasteiger partial charge in [-0.1, -0.05) is 24.3 Å². The van der Waals surface area contributed by atoms with E-state index in [4.69, 9.17) is 0 Å². The van der Waals surface area contributed by atoms with Crippen LogP contribution in [0.3, 0.4) is 0 Å². The average molecular weight is 408 g/mol. The van der Waals surface area contributed by atoms with Crippen molar-refractivity contribution in [2.75, 3.05) is 26.2 Å². The molecule has 2 heterocycles. The highest BCUT2D eigenvalue weighted by atomic mass is 19.1. The second-order valence-corrected chi connectivity index (χ2v) is 7.16. The Hall–Kier alpha value is -3.55. The lowest BCUT2D eigenvalue weighted by atomic mass is 10.1. The molecule has 0 unspecified atom stereocenters. The van der Waals surface area contributed by atoms with Gasteiger partial charge in [0.1, 0.15) is 5.82 Å². The summed E-state index contributed by atoms with van der Waals surface area (Å²) in [5.74, 6) is -1.00. The van der Waals surface area contributed by atoms with Gasteiger partial charge >= 0.3 is 0 Å². The number of fused-ring (bicyclic) bond motifs is 1. The Morgan fingerprint density at radius 2 is 1.60 bits per heavy atom. The maximum Gasteiger partial charge on any atom is 0.261 e. The number of carbonyl (C=O) groups excluding carboxylic acids is 2. The molecule has 1 aromatic heterocycles. The molecule has 0 atom stereocenters. The largest absolute Gasteiger partial charge is 0.339 e. The van der Waals surface area contributed by atoms with E-state index in [-0.39, 0.29) is 35.9 Å². The maximum absolute atomic E-state index is 13.8. The van der Waals surface area contributed by atoms with Crippen LogP contribution in [0.2, 0.25) is 0 Å². The highest BCUT2D eigenvalue weighted by molar-refractivity contribution is 5.94. The SMILES string of the molecule is O=C(CCn1cnc2ccccc2c1=O)N1CCN(C(=O)c2ccccc2F)CC1. The fourth-order valence-corrected chi connectivity index (χ4v) is 3.60. The van der Waals surface area contributed by atoms with Crippen molar-refractivity contribution in [3.63, 3.8) is 0 Å². The first-order chi connectivity index (χ1) is 14.5. The number of halogens is 1. The summed E-state index contributed by atoms with van der Waals surface area (Å²) in [5, 5.41) is 0.521. The molecule has 2 aromatic carbocycles. The summed E-state index contributed by atoms with van der Waals surface area (Å²) in [5.41, 5.74) is 0.495. The maximum atomic E-state index is 13.8. The summed E-state index contributed by atoms with van der Waals surface area (Å²) in [7, 11) is 0. The van der Waals surface area contributed by atoms with Crippen LogP contribution < -0.4 is 5.56 Å². The summed E-state index contributed by atoms with van der Waals surface area (Å²) in [6, 6.07) is 13.0. The van der Waals surface area contributed by atoms with E-state index in [2.05, 4.69) is 4.98 Å². The van der Waals surface area contributed by atoms with Crippen LogP contribution in [0.4, 0.5) is 4.39 Å². The molecule has 8 heteroatoms. The van der Waals surface area contributed by atoms with E-state index < -0.39 is 5.82 Å². The van der Waals surface area contributed by atoms with Crippen LogP contribution >= 0.6 is 0 Å². The first-order valence-electron chi connectivity index (χ1n) is 9.80. The van der Waals surface area contributed by atoms with Crippen molar-refractivity contribution in [1.29, 1.82) is 0 Å². The van der Waals surface area contributed by atoms with Crippen LogP contribution in [0.25, 0.3) is 10.9 Å². The number of aromatic nitrogens is 2. The number of amides is 2. The molecule has 0 aliphatic carbocycles. The first-order valence-corrected chi connectivity index (χ1v) is 9.80. The quantitative estimate of drug-likeness (QED) is 0.661. The van der Waals surface area contributed by atoms with Crippen molar-refractivity contribution in [2.45, 2.75) is 13.0 Å². The minimum atomic E-state index is -0.546. The number of hydrogen-bond donors (Lipinski definition) is 0. The van der Waals surface area contributed by atoms with Crippen LogP contribution in [0.15, 0.2) is 59.7 Å². The molecule has 0 spiro atoms. The van der Waals surface area contributed by atoms with E-state index in [1.54, 1.807) is 40.1 Å². The number of benzene rings is 2. The zero-order chi connectivity index (χ0) is 21.1. The number of piperazine rings is 1. The van der Waals surface area contributed by atoms with Gasteiger partial charge in [0.2, 0.25) is 5.91 Å². The molecule has 3 aromatic rings. The van der Waals surface area contributed by atoms with Gasteiger partial charge in [0, 0.05) is 39.1 Å². The Balaban J connectivity index is 1.34. The third-order valence-corrected chi connectivity index (χ3v) is 5.32. The average Bonchev–Trinajstić information content (AvgIpc) is 2.78. The third kappa shape index (κ3) is 3.94. The first kappa shape index (κ1) is 19.8. The van der Waals surface area contributed by atoms with Gasteiger partial charge in [0.05, 0.1) is 22.8 Å². The summed E-state index contributed by atoms with van der Waals surface area (Å²) < 4.78 is 15.3. The molecule has 154 valence electrons. The monoisotopic (exact) mass is 408 g/mol. The molecule has 1 aliphatic heterocycles. The van der Waals surface area contributed by atoms with Gasteiger partial charge in [-0.25, -0.2) is 9.37 Å². The topological polar surface area (TPSA) is 75.5 Å². The summed E-state index contributed by atoms with van der Waals surface area (Å²) in [6.07, 6.45) is 1.63. The van der Waals surface area contributed by atoms with Crippen molar-refractivity contribution in [2.24, 2.45) is 0 Å². The van der Waals surface area contributed by atoms with Crippen LogP contribution in [-0.4, -0.2) is 57.3 Å². The minimum Gasteiger partial charge on any atom is -0.339 e. The molecule has 1 saturated heterocycles. The zero-order valence-electron chi connectivity index (χ0n) is 16.3. The molecule has 4 rings (SSSR count).